The number of ether oxygens (including phenoxy) is 1. The van der Waals surface area contributed by atoms with E-state index in [9.17, 15) is 4.79 Å². The van der Waals surface area contributed by atoms with Crippen LogP contribution < -0.4 is 5.32 Å². The molecule has 4 heterocycles. The number of benzene rings is 1. The highest BCUT2D eigenvalue weighted by Crippen LogP contribution is 2.37. The third-order valence-electron chi connectivity index (χ3n) is 4.91. The van der Waals surface area contributed by atoms with Crippen LogP contribution in [0.2, 0.25) is 0 Å². The molecular formula is C22H19N7O2S2. The van der Waals surface area contributed by atoms with Gasteiger partial charge in [0.25, 0.3) is 0 Å². The number of hydrogen-bond acceptors (Lipinski definition) is 10. The SMILES string of the molecule is CCOC(=O)C1=C(CSc2nnc(-c3ccccc3)s2)Nc2ncnn2C1c1ccccn1. The molecule has 3 aromatic heterocycles. The second kappa shape index (κ2) is 9.51. The van der Waals surface area contributed by atoms with E-state index in [0.29, 0.717) is 28.7 Å². The molecule has 33 heavy (non-hydrogen) atoms. The van der Waals surface area contributed by atoms with Crippen LogP contribution in [0.1, 0.15) is 18.7 Å². The van der Waals surface area contributed by atoms with Crippen molar-refractivity contribution in [2.45, 2.75) is 17.3 Å². The maximum atomic E-state index is 13.1. The molecule has 0 spiro atoms. The number of esters is 1. The van der Waals surface area contributed by atoms with E-state index < -0.39 is 12.0 Å². The van der Waals surface area contributed by atoms with Crippen molar-refractivity contribution in [1.82, 2.24) is 29.9 Å². The summed E-state index contributed by atoms with van der Waals surface area (Å²) in [4.78, 5) is 21.9. The fourth-order valence-electron chi connectivity index (χ4n) is 3.49. The van der Waals surface area contributed by atoms with E-state index in [1.165, 1.54) is 29.4 Å². The normalized spacial score (nSPS) is 15.1. The summed E-state index contributed by atoms with van der Waals surface area (Å²) in [6.45, 7) is 2.05. The lowest BCUT2D eigenvalue weighted by Gasteiger charge is -2.28. The molecule has 0 aliphatic carbocycles. The smallest absolute Gasteiger partial charge is 0.338 e. The van der Waals surface area contributed by atoms with E-state index in [1.807, 2.05) is 48.5 Å². The van der Waals surface area contributed by atoms with Crippen molar-refractivity contribution in [3.05, 3.63) is 78.0 Å². The Hall–Kier alpha value is -3.57. The Morgan fingerprint density at radius 2 is 2.00 bits per heavy atom. The average molecular weight is 478 g/mol. The molecule has 1 aliphatic heterocycles. The van der Waals surface area contributed by atoms with Crippen LogP contribution in [0.4, 0.5) is 5.95 Å². The molecule has 11 heteroatoms. The van der Waals surface area contributed by atoms with Crippen LogP contribution in [0.25, 0.3) is 10.6 Å². The van der Waals surface area contributed by atoms with Gasteiger partial charge in [0.1, 0.15) is 17.4 Å². The number of anilines is 1. The zero-order chi connectivity index (χ0) is 22.6. The maximum Gasteiger partial charge on any atom is 0.338 e. The molecule has 0 amide bonds. The number of rotatable bonds is 7. The van der Waals surface area contributed by atoms with Crippen LogP contribution in [0, 0.1) is 0 Å². The van der Waals surface area contributed by atoms with E-state index in [2.05, 4.69) is 30.6 Å². The van der Waals surface area contributed by atoms with Crippen molar-refractivity contribution in [3.8, 4) is 10.6 Å². The van der Waals surface area contributed by atoms with Gasteiger partial charge in [-0.2, -0.15) is 10.1 Å². The molecule has 9 nitrogen and oxygen atoms in total. The van der Waals surface area contributed by atoms with E-state index in [4.69, 9.17) is 4.74 Å². The van der Waals surface area contributed by atoms with Gasteiger partial charge in [-0.15, -0.1) is 10.2 Å². The van der Waals surface area contributed by atoms with Crippen LogP contribution >= 0.6 is 23.1 Å². The molecule has 0 saturated heterocycles. The summed E-state index contributed by atoms with van der Waals surface area (Å²) in [6, 6.07) is 14.9. The van der Waals surface area contributed by atoms with Crippen LogP contribution in [0.3, 0.4) is 0 Å². The average Bonchev–Trinajstić information content (AvgIpc) is 3.52. The van der Waals surface area contributed by atoms with Gasteiger partial charge in [-0.1, -0.05) is 59.5 Å². The van der Waals surface area contributed by atoms with Crippen molar-refractivity contribution in [3.63, 3.8) is 0 Å². The molecule has 1 atom stereocenters. The standard InChI is InChI=1S/C22H19N7O2S2/c1-2-31-20(30)17-16(12-32-22-28-27-19(33-22)14-8-4-3-5-9-14)26-21-24-13-25-29(21)18(17)15-10-6-7-11-23-15/h3-11,13,18H,2,12H2,1H3,(H,24,25,26). The minimum Gasteiger partial charge on any atom is -0.463 e. The van der Waals surface area contributed by atoms with Gasteiger partial charge in [-0.25, -0.2) is 9.48 Å². The molecule has 1 aliphatic rings. The van der Waals surface area contributed by atoms with E-state index >= 15 is 0 Å². The quantitative estimate of drug-likeness (QED) is 0.314. The van der Waals surface area contributed by atoms with Crippen molar-refractivity contribution >= 4 is 35.0 Å². The summed E-state index contributed by atoms with van der Waals surface area (Å²) in [5.41, 5.74) is 2.84. The largest absolute Gasteiger partial charge is 0.463 e. The lowest BCUT2D eigenvalue weighted by Crippen LogP contribution is -2.31. The molecule has 1 aromatic carbocycles. The number of aromatic nitrogens is 6. The zero-order valence-corrected chi connectivity index (χ0v) is 19.2. The predicted molar refractivity (Wildman–Crippen MR) is 126 cm³/mol. The van der Waals surface area contributed by atoms with Gasteiger partial charge < -0.3 is 10.1 Å². The van der Waals surface area contributed by atoms with Crippen molar-refractivity contribution in [2.75, 3.05) is 17.7 Å². The first-order valence-electron chi connectivity index (χ1n) is 10.2. The summed E-state index contributed by atoms with van der Waals surface area (Å²) in [5, 5.41) is 17.1. The van der Waals surface area contributed by atoms with Gasteiger partial charge in [0.15, 0.2) is 4.34 Å². The highest BCUT2D eigenvalue weighted by Gasteiger charge is 2.36. The van der Waals surface area contributed by atoms with E-state index in [0.717, 1.165) is 14.9 Å². The third kappa shape index (κ3) is 4.37. The Labute approximate surface area is 198 Å². The summed E-state index contributed by atoms with van der Waals surface area (Å²) in [6.07, 6.45) is 3.14. The van der Waals surface area contributed by atoms with Gasteiger partial charge >= 0.3 is 5.97 Å². The van der Waals surface area contributed by atoms with Gasteiger partial charge in [0.05, 0.1) is 17.9 Å². The fourth-order valence-corrected chi connectivity index (χ4v) is 5.31. The van der Waals surface area contributed by atoms with Gasteiger partial charge in [-0.05, 0) is 19.1 Å². The molecule has 1 N–H and O–H groups in total. The van der Waals surface area contributed by atoms with Gasteiger partial charge in [0.2, 0.25) is 5.95 Å². The molecule has 0 saturated carbocycles. The van der Waals surface area contributed by atoms with Gasteiger partial charge in [-0.3, -0.25) is 4.98 Å². The lowest BCUT2D eigenvalue weighted by atomic mass is 10.00. The summed E-state index contributed by atoms with van der Waals surface area (Å²) in [5.74, 6) is 0.574. The minimum atomic E-state index is -0.547. The molecule has 0 radical (unpaired) electrons. The first-order chi connectivity index (χ1) is 16.2. The minimum absolute atomic E-state index is 0.263. The Kier molecular flexibility index (Phi) is 6.13. The van der Waals surface area contributed by atoms with Crippen molar-refractivity contribution in [1.29, 1.82) is 0 Å². The lowest BCUT2D eigenvalue weighted by molar-refractivity contribution is -0.139. The fraction of sp³-hybridized carbons (Fsp3) is 0.182. The molecule has 166 valence electrons. The van der Waals surface area contributed by atoms with Crippen molar-refractivity contribution < 1.29 is 9.53 Å². The first-order valence-corrected chi connectivity index (χ1v) is 12.0. The Balaban J connectivity index is 1.48. The van der Waals surface area contributed by atoms with Crippen LogP contribution in [-0.2, 0) is 9.53 Å². The Morgan fingerprint density at radius 3 is 2.79 bits per heavy atom. The highest BCUT2D eigenvalue weighted by atomic mass is 32.2. The molecule has 5 rings (SSSR count). The van der Waals surface area contributed by atoms with E-state index in [1.54, 1.807) is 17.8 Å². The number of nitrogens with zero attached hydrogens (tertiary/aromatic N) is 6. The predicted octanol–water partition coefficient (Wildman–Crippen LogP) is 3.82. The topological polar surface area (TPSA) is 108 Å². The van der Waals surface area contributed by atoms with Crippen LogP contribution in [0.15, 0.2) is 76.7 Å². The molecule has 1 unspecified atom stereocenters. The van der Waals surface area contributed by atoms with Crippen LogP contribution in [0.5, 0.6) is 0 Å². The third-order valence-corrected chi connectivity index (χ3v) is 7.04. The number of nitrogens with one attached hydrogen (secondary N) is 1. The number of carbonyl (C=O) groups is 1. The molecule has 4 aromatic rings. The Morgan fingerprint density at radius 1 is 1.15 bits per heavy atom. The molecular weight excluding hydrogens is 458 g/mol. The maximum absolute atomic E-state index is 13.1. The van der Waals surface area contributed by atoms with Crippen molar-refractivity contribution in [2.24, 2.45) is 0 Å². The number of hydrogen-bond donors (Lipinski definition) is 1. The molecule has 0 fully saturated rings. The number of thioether (sulfide) groups is 1. The first kappa shape index (κ1) is 21.3. The Bertz CT molecular complexity index is 1290. The highest BCUT2D eigenvalue weighted by molar-refractivity contribution is 8.01. The summed E-state index contributed by atoms with van der Waals surface area (Å²) >= 11 is 3.00. The monoisotopic (exact) mass is 477 g/mol. The molecule has 0 bridgehead atoms. The second-order valence-electron chi connectivity index (χ2n) is 6.95. The van der Waals surface area contributed by atoms with E-state index in [-0.39, 0.29) is 6.61 Å². The van der Waals surface area contributed by atoms with Gasteiger partial charge in [0, 0.05) is 23.2 Å². The number of fused-ring (bicyclic) bond motifs is 1. The van der Waals surface area contributed by atoms with Crippen LogP contribution in [-0.4, -0.2) is 48.3 Å². The number of carbonyl (C=O) groups excluding carboxylic acids is 1. The zero-order valence-electron chi connectivity index (χ0n) is 17.6. The summed E-state index contributed by atoms with van der Waals surface area (Å²) in [7, 11) is 0. The second-order valence-corrected chi connectivity index (χ2v) is 9.15. The number of pyridine rings is 1. The summed E-state index contributed by atoms with van der Waals surface area (Å²) < 4.78 is 7.86.